The van der Waals surface area contributed by atoms with Crippen LogP contribution in [0.5, 0.6) is 0 Å². The highest BCUT2D eigenvalue weighted by molar-refractivity contribution is 7.84. The summed E-state index contributed by atoms with van der Waals surface area (Å²) in [6.07, 6.45) is 1.63. The van der Waals surface area contributed by atoms with Gasteiger partial charge in [0.15, 0.2) is 0 Å². The highest BCUT2D eigenvalue weighted by Crippen LogP contribution is 2.16. The van der Waals surface area contributed by atoms with Crippen LogP contribution in [0, 0.1) is 0 Å². The van der Waals surface area contributed by atoms with Crippen molar-refractivity contribution in [2.24, 2.45) is 0 Å². The van der Waals surface area contributed by atoms with Crippen molar-refractivity contribution < 1.29 is 0 Å². The summed E-state index contributed by atoms with van der Waals surface area (Å²) in [4.78, 5) is 0.639. The molecular formula is C8H10S. The molecule has 0 radical (unpaired) electrons. The van der Waals surface area contributed by atoms with Crippen LogP contribution in [-0.2, 0) is 0 Å². The first-order chi connectivity index (χ1) is 4.09. The maximum Gasteiger partial charge on any atom is 0.00404 e. The molecule has 0 nitrogen and oxygen atoms in total. The smallest absolute Gasteiger partial charge is 0.00404 e. The largest absolute Gasteiger partial charge is 0.143 e. The molecule has 1 heteroatoms. The molecule has 0 aliphatic heterocycles. The Balaban J connectivity index is 4.22. The lowest BCUT2D eigenvalue weighted by molar-refractivity contribution is 1.61. The normalized spacial score (nSPS) is 8.11. The predicted octanol–water partition coefficient (Wildman–Crippen LogP) is 2.73. The summed E-state index contributed by atoms with van der Waals surface area (Å²) in [5, 5.41) is 0. The van der Waals surface area contributed by atoms with Crippen LogP contribution in [0.25, 0.3) is 0 Å². The van der Waals surface area contributed by atoms with Gasteiger partial charge in [-0.15, -0.1) is 12.6 Å². The Morgan fingerprint density at radius 1 is 1.22 bits per heavy atom. The first-order valence-electron chi connectivity index (χ1n) is 2.48. The van der Waals surface area contributed by atoms with Crippen molar-refractivity contribution in [1.82, 2.24) is 0 Å². The lowest BCUT2D eigenvalue weighted by Crippen LogP contribution is -1.79. The summed E-state index contributed by atoms with van der Waals surface area (Å²) in [5.74, 6) is 0. The zero-order valence-corrected chi connectivity index (χ0v) is 6.25. The van der Waals surface area contributed by atoms with Crippen molar-refractivity contribution in [2.45, 2.75) is 0 Å². The fraction of sp³-hybridized carbons (Fsp3) is 0. The lowest BCUT2D eigenvalue weighted by atomic mass is 10.1. The summed E-state index contributed by atoms with van der Waals surface area (Å²) in [6, 6.07) is 0. The van der Waals surface area contributed by atoms with Gasteiger partial charge in [0.1, 0.15) is 0 Å². The number of hydrogen-bond acceptors (Lipinski definition) is 1. The monoisotopic (exact) mass is 138 g/mol. The van der Waals surface area contributed by atoms with Crippen LogP contribution in [0.15, 0.2) is 48.4 Å². The molecular weight excluding hydrogens is 128 g/mol. The molecule has 0 saturated heterocycles. The van der Waals surface area contributed by atoms with E-state index in [1.807, 2.05) is 0 Å². The van der Waals surface area contributed by atoms with Crippen LogP contribution in [0.4, 0.5) is 0 Å². The molecule has 0 amide bonds. The molecule has 0 saturated carbocycles. The Morgan fingerprint density at radius 3 is 1.78 bits per heavy atom. The number of thiol groups is 1. The van der Waals surface area contributed by atoms with Gasteiger partial charge in [0, 0.05) is 4.91 Å². The van der Waals surface area contributed by atoms with Gasteiger partial charge in [0.05, 0.1) is 0 Å². The minimum absolute atomic E-state index is 0.639. The first kappa shape index (κ1) is 8.31. The third-order valence-corrected chi connectivity index (χ3v) is 1.25. The molecule has 48 valence electrons. The number of rotatable bonds is 3. The van der Waals surface area contributed by atoms with Crippen molar-refractivity contribution >= 4 is 12.6 Å². The average Bonchev–Trinajstić information content (AvgIpc) is 1.84. The van der Waals surface area contributed by atoms with E-state index in [0.29, 0.717) is 4.91 Å². The van der Waals surface area contributed by atoms with Gasteiger partial charge in [0.2, 0.25) is 0 Å². The molecule has 9 heavy (non-hydrogen) atoms. The van der Waals surface area contributed by atoms with Crippen LogP contribution in [0.2, 0.25) is 0 Å². The lowest BCUT2D eigenvalue weighted by Gasteiger charge is -2.00. The molecule has 0 bridgehead atoms. The van der Waals surface area contributed by atoms with Crippen LogP contribution in [0.3, 0.4) is 0 Å². The second-order valence-corrected chi connectivity index (χ2v) is 2.19. The molecule has 0 atom stereocenters. The van der Waals surface area contributed by atoms with Gasteiger partial charge in [-0.25, -0.2) is 0 Å². The third kappa shape index (κ3) is 2.38. The molecule has 0 spiro atoms. The van der Waals surface area contributed by atoms with E-state index < -0.39 is 0 Å². The molecule has 0 N–H and O–H groups in total. The zero-order valence-electron chi connectivity index (χ0n) is 5.35. The molecule has 0 aromatic carbocycles. The molecule has 0 rings (SSSR count). The molecule has 0 heterocycles. The van der Waals surface area contributed by atoms with Gasteiger partial charge in [0.25, 0.3) is 0 Å². The quantitative estimate of drug-likeness (QED) is 0.450. The molecule has 0 unspecified atom stereocenters. The third-order valence-electron chi connectivity index (χ3n) is 0.982. The SMILES string of the molecule is C=CC(=C)C(=C)C(=C)S. The predicted molar refractivity (Wildman–Crippen MR) is 46.6 cm³/mol. The van der Waals surface area contributed by atoms with Gasteiger partial charge in [-0.1, -0.05) is 32.4 Å². The van der Waals surface area contributed by atoms with Crippen molar-refractivity contribution in [2.75, 3.05) is 0 Å². The average molecular weight is 138 g/mol. The fourth-order valence-electron chi connectivity index (χ4n) is 0.309. The minimum Gasteiger partial charge on any atom is -0.143 e. The van der Waals surface area contributed by atoms with Gasteiger partial charge >= 0.3 is 0 Å². The van der Waals surface area contributed by atoms with Crippen molar-refractivity contribution in [1.29, 1.82) is 0 Å². The summed E-state index contributed by atoms with van der Waals surface area (Å²) in [5.41, 5.74) is 1.52. The Bertz CT molecular complexity index is 175. The van der Waals surface area contributed by atoms with E-state index in [-0.39, 0.29) is 0 Å². The van der Waals surface area contributed by atoms with Crippen LogP contribution in [0.1, 0.15) is 0 Å². The van der Waals surface area contributed by atoms with E-state index in [1.165, 1.54) is 0 Å². The topological polar surface area (TPSA) is 0 Å². The summed E-state index contributed by atoms with van der Waals surface area (Å²) >= 11 is 3.98. The molecule has 0 aromatic rings. The van der Waals surface area contributed by atoms with Gasteiger partial charge in [-0.3, -0.25) is 0 Å². The second kappa shape index (κ2) is 3.36. The highest BCUT2D eigenvalue weighted by atomic mass is 32.1. The number of allylic oxidation sites excluding steroid dienone is 3. The van der Waals surface area contributed by atoms with E-state index in [0.717, 1.165) is 11.1 Å². The molecule has 0 aliphatic rings. The Kier molecular flexibility index (Phi) is 3.10. The fourth-order valence-corrected chi connectivity index (χ4v) is 0.452. The van der Waals surface area contributed by atoms with Crippen molar-refractivity contribution in [3.63, 3.8) is 0 Å². The standard InChI is InChI=1S/C8H10S/c1-5-6(2)7(3)8(4)9/h5,9H,1-4H2. The highest BCUT2D eigenvalue weighted by Gasteiger charge is 1.94. The van der Waals surface area contributed by atoms with Gasteiger partial charge < -0.3 is 0 Å². The molecule has 0 aliphatic carbocycles. The van der Waals surface area contributed by atoms with E-state index in [4.69, 9.17) is 0 Å². The van der Waals surface area contributed by atoms with E-state index >= 15 is 0 Å². The van der Waals surface area contributed by atoms with Crippen molar-refractivity contribution in [3.8, 4) is 0 Å². The molecule has 0 fully saturated rings. The minimum atomic E-state index is 0.639. The maximum absolute atomic E-state index is 3.98. The maximum atomic E-state index is 3.98. The van der Waals surface area contributed by atoms with Crippen molar-refractivity contribution in [3.05, 3.63) is 48.4 Å². The summed E-state index contributed by atoms with van der Waals surface area (Å²) in [6.45, 7) is 14.5. The van der Waals surface area contributed by atoms with Gasteiger partial charge in [-0.05, 0) is 11.1 Å². The Hall–Kier alpha value is -0.690. The van der Waals surface area contributed by atoms with Gasteiger partial charge in [-0.2, -0.15) is 0 Å². The van der Waals surface area contributed by atoms with E-state index in [9.17, 15) is 0 Å². The van der Waals surface area contributed by atoms with E-state index in [2.05, 4.69) is 38.9 Å². The van der Waals surface area contributed by atoms with E-state index in [1.54, 1.807) is 6.08 Å². The van der Waals surface area contributed by atoms with Crippen LogP contribution in [-0.4, -0.2) is 0 Å². The van der Waals surface area contributed by atoms with Crippen LogP contribution >= 0.6 is 12.6 Å². The van der Waals surface area contributed by atoms with Crippen LogP contribution < -0.4 is 0 Å². The first-order valence-corrected chi connectivity index (χ1v) is 2.93. The number of hydrogen-bond donors (Lipinski definition) is 1. The Labute approximate surface area is 61.7 Å². The summed E-state index contributed by atoms with van der Waals surface area (Å²) < 4.78 is 0. The summed E-state index contributed by atoms with van der Waals surface area (Å²) in [7, 11) is 0. The Morgan fingerprint density at radius 2 is 1.67 bits per heavy atom. The molecule has 0 aromatic heterocycles. The zero-order chi connectivity index (χ0) is 7.44. The second-order valence-electron chi connectivity index (χ2n) is 1.65.